The molecule has 1 N–H and O–H groups in total. The molecule has 0 aliphatic carbocycles. The number of thioether (sulfide) groups is 1. The summed E-state index contributed by atoms with van der Waals surface area (Å²) in [5, 5.41) is 3.23. The van der Waals surface area contributed by atoms with Crippen LogP contribution >= 0.6 is 35.0 Å². The number of carbonyl (C=O) groups is 3. The van der Waals surface area contributed by atoms with E-state index in [1.165, 1.54) is 36.9 Å². The summed E-state index contributed by atoms with van der Waals surface area (Å²) in [6.45, 7) is 1.51. The van der Waals surface area contributed by atoms with Gasteiger partial charge in [0.2, 0.25) is 5.78 Å². The van der Waals surface area contributed by atoms with Crippen molar-refractivity contribution in [3.05, 3.63) is 69.7 Å². The van der Waals surface area contributed by atoms with Crippen LogP contribution in [0.2, 0.25) is 10.0 Å². The Bertz CT molecular complexity index is 876. The molecule has 2 aromatic rings. The van der Waals surface area contributed by atoms with Crippen molar-refractivity contribution in [3.63, 3.8) is 0 Å². The maximum atomic E-state index is 12.6. The third-order valence-corrected chi connectivity index (χ3v) is 5.29. The third kappa shape index (κ3) is 6.77. The molecule has 2 rings (SSSR count). The Kier molecular flexibility index (Phi) is 9.01. The lowest BCUT2D eigenvalue weighted by Crippen LogP contribution is -2.44. The van der Waals surface area contributed by atoms with E-state index in [9.17, 15) is 14.4 Å². The number of carbonyl (C=O) groups excluding carboxylic acids is 3. The lowest BCUT2D eigenvalue weighted by molar-refractivity contribution is -0.148. The number of halogens is 2. The average molecular weight is 454 g/mol. The molecule has 0 heterocycles. The van der Waals surface area contributed by atoms with Crippen molar-refractivity contribution in [2.75, 3.05) is 12.0 Å². The summed E-state index contributed by atoms with van der Waals surface area (Å²) in [6, 6.07) is 12.1. The zero-order chi connectivity index (χ0) is 21.4. The van der Waals surface area contributed by atoms with Crippen molar-refractivity contribution in [3.8, 4) is 0 Å². The van der Waals surface area contributed by atoms with Crippen LogP contribution in [0, 0.1) is 0 Å². The molecule has 29 heavy (non-hydrogen) atoms. The highest BCUT2D eigenvalue weighted by Gasteiger charge is 2.27. The number of esters is 1. The molecule has 2 unspecified atom stereocenters. The van der Waals surface area contributed by atoms with Crippen molar-refractivity contribution < 1.29 is 19.1 Å². The average Bonchev–Trinajstić information content (AvgIpc) is 2.70. The summed E-state index contributed by atoms with van der Waals surface area (Å²) in [4.78, 5) is 37.7. The molecule has 154 valence electrons. The van der Waals surface area contributed by atoms with E-state index in [1.807, 2.05) is 6.26 Å². The molecule has 8 heteroatoms. The van der Waals surface area contributed by atoms with E-state index in [2.05, 4.69) is 5.32 Å². The van der Waals surface area contributed by atoms with Gasteiger partial charge < -0.3 is 10.1 Å². The second-order valence-corrected chi connectivity index (χ2v) is 8.07. The monoisotopic (exact) mass is 453 g/mol. The van der Waals surface area contributed by atoms with E-state index < -0.39 is 24.0 Å². The van der Waals surface area contributed by atoms with Gasteiger partial charge in [-0.15, -0.1) is 0 Å². The number of nitrogens with one attached hydrogen (secondary N) is 1. The molecule has 0 saturated carbocycles. The fourth-order valence-corrected chi connectivity index (χ4v) is 3.51. The largest absolute Gasteiger partial charge is 0.453 e. The van der Waals surface area contributed by atoms with Crippen LogP contribution in [0.5, 0.6) is 0 Å². The summed E-state index contributed by atoms with van der Waals surface area (Å²) in [7, 11) is 0. The highest BCUT2D eigenvalue weighted by atomic mass is 35.5. The second-order valence-electron chi connectivity index (χ2n) is 6.24. The van der Waals surface area contributed by atoms with Gasteiger partial charge in [-0.2, -0.15) is 11.8 Å². The molecule has 5 nitrogen and oxygen atoms in total. The fraction of sp³-hybridized carbons (Fsp3) is 0.286. The number of rotatable bonds is 9. The molecule has 1 amide bonds. The van der Waals surface area contributed by atoms with Gasteiger partial charge in [0.25, 0.3) is 5.91 Å². The van der Waals surface area contributed by atoms with Crippen LogP contribution in [-0.2, 0) is 9.53 Å². The molecule has 0 spiro atoms. The van der Waals surface area contributed by atoms with E-state index >= 15 is 0 Å². The molecule has 0 aromatic heterocycles. The summed E-state index contributed by atoms with van der Waals surface area (Å²) in [5.41, 5.74) is 0.650. The first kappa shape index (κ1) is 23.3. The van der Waals surface area contributed by atoms with E-state index in [4.69, 9.17) is 27.9 Å². The lowest BCUT2D eigenvalue weighted by atomic mass is 10.1. The van der Waals surface area contributed by atoms with Gasteiger partial charge >= 0.3 is 5.97 Å². The first-order valence-corrected chi connectivity index (χ1v) is 11.0. The number of hydrogen-bond donors (Lipinski definition) is 1. The molecular formula is C21H21Cl2NO4S. The summed E-state index contributed by atoms with van der Waals surface area (Å²) < 4.78 is 5.35. The molecule has 0 aliphatic rings. The van der Waals surface area contributed by atoms with Gasteiger partial charge in [-0.1, -0.05) is 53.5 Å². The molecule has 0 saturated heterocycles. The van der Waals surface area contributed by atoms with Crippen LogP contribution in [0.3, 0.4) is 0 Å². The summed E-state index contributed by atoms with van der Waals surface area (Å²) >= 11 is 13.5. The van der Waals surface area contributed by atoms with Crippen molar-refractivity contribution in [1.29, 1.82) is 0 Å². The first-order valence-electron chi connectivity index (χ1n) is 8.88. The Morgan fingerprint density at radius 2 is 1.79 bits per heavy atom. The van der Waals surface area contributed by atoms with Crippen molar-refractivity contribution in [2.45, 2.75) is 25.5 Å². The molecule has 2 atom stereocenters. The van der Waals surface area contributed by atoms with Crippen molar-refractivity contribution >= 4 is 52.6 Å². The van der Waals surface area contributed by atoms with Gasteiger partial charge in [0.15, 0.2) is 6.10 Å². The standard InChI is InChI=1S/C21H21Cl2NO4S/c1-13(19(25)14-6-4-3-5-7-14)28-21(27)18(10-11-29-2)24-20(26)16-9-8-15(22)12-17(16)23/h3-9,12-13,18H,10-11H2,1-2H3,(H,24,26). The van der Waals surface area contributed by atoms with E-state index in [0.717, 1.165) is 0 Å². The van der Waals surface area contributed by atoms with Gasteiger partial charge in [-0.05, 0) is 43.6 Å². The first-order chi connectivity index (χ1) is 13.8. The third-order valence-electron chi connectivity index (χ3n) is 4.10. The van der Waals surface area contributed by atoms with Crippen LogP contribution in [0.25, 0.3) is 0 Å². The second kappa shape index (κ2) is 11.2. The highest BCUT2D eigenvalue weighted by molar-refractivity contribution is 7.98. The maximum Gasteiger partial charge on any atom is 0.329 e. The van der Waals surface area contributed by atoms with Crippen LogP contribution in [0.4, 0.5) is 0 Å². The normalized spacial score (nSPS) is 12.7. The minimum absolute atomic E-state index is 0.180. The lowest BCUT2D eigenvalue weighted by Gasteiger charge is -2.20. The van der Waals surface area contributed by atoms with Gasteiger partial charge in [0, 0.05) is 10.6 Å². The van der Waals surface area contributed by atoms with Gasteiger partial charge in [0.05, 0.1) is 10.6 Å². The Morgan fingerprint density at radius 1 is 1.10 bits per heavy atom. The zero-order valence-corrected chi connectivity index (χ0v) is 18.3. The molecular weight excluding hydrogens is 433 g/mol. The topological polar surface area (TPSA) is 72.5 Å². The zero-order valence-electron chi connectivity index (χ0n) is 16.0. The highest BCUT2D eigenvalue weighted by Crippen LogP contribution is 2.21. The Labute approximate surface area is 184 Å². The van der Waals surface area contributed by atoms with E-state index in [-0.39, 0.29) is 16.4 Å². The molecule has 0 aliphatic heterocycles. The molecule has 0 fully saturated rings. The number of amides is 1. The summed E-state index contributed by atoms with van der Waals surface area (Å²) in [5.74, 6) is -0.879. The Hall–Kier alpha value is -2.02. The smallest absolute Gasteiger partial charge is 0.329 e. The maximum absolute atomic E-state index is 12.6. The number of Topliss-reactive ketones (excluding diaryl/α,β-unsaturated/α-hetero) is 1. The van der Waals surface area contributed by atoms with E-state index in [0.29, 0.717) is 22.8 Å². The number of ether oxygens (including phenoxy) is 1. The minimum Gasteiger partial charge on any atom is -0.453 e. The minimum atomic E-state index is -0.974. The van der Waals surface area contributed by atoms with Crippen molar-refractivity contribution in [1.82, 2.24) is 5.32 Å². The van der Waals surface area contributed by atoms with Crippen LogP contribution in [0.15, 0.2) is 48.5 Å². The molecule has 0 bridgehead atoms. The molecule has 0 radical (unpaired) electrons. The fourth-order valence-electron chi connectivity index (χ4n) is 2.54. The quantitative estimate of drug-likeness (QED) is 0.441. The number of hydrogen-bond acceptors (Lipinski definition) is 5. The van der Waals surface area contributed by atoms with Gasteiger partial charge in [-0.25, -0.2) is 4.79 Å². The Balaban J connectivity index is 2.08. The van der Waals surface area contributed by atoms with Gasteiger partial charge in [0.1, 0.15) is 6.04 Å². The SMILES string of the molecule is CSCCC(NC(=O)c1ccc(Cl)cc1Cl)C(=O)OC(C)C(=O)c1ccccc1. The van der Waals surface area contributed by atoms with Crippen LogP contribution in [0.1, 0.15) is 34.1 Å². The van der Waals surface area contributed by atoms with E-state index in [1.54, 1.807) is 30.3 Å². The predicted octanol–water partition coefficient (Wildman–Crippen LogP) is 4.66. The predicted molar refractivity (Wildman–Crippen MR) is 117 cm³/mol. The van der Waals surface area contributed by atoms with Crippen LogP contribution < -0.4 is 5.32 Å². The summed E-state index contributed by atoms with van der Waals surface area (Å²) in [6.07, 6.45) is 1.27. The van der Waals surface area contributed by atoms with Crippen molar-refractivity contribution in [2.24, 2.45) is 0 Å². The van der Waals surface area contributed by atoms with Gasteiger partial charge in [-0.3, -0.25) is 9.59 Å². The van der Waals surface area contributed by atoms with Crippen LogP contribution in [-0.4, -0.2) is 41.8 Å². The number of ketones is 1. The molecule has 2 aromatic carbocycles. The number of benzene rings is 2. The Morgan fingerprint density at radius 3 is 2.41 bits per heavy atom.